The second kappa shape index (κ2) is 5.93. The highest BCUT2D eigenvalue weighted by molar-refractivity contribution is 7.98. The van der Waals surface area contributed by atoms with Crippen LogP contribution in [-0.4, -0.2) is 22.1 Å². The summed E-state index contributed by atoms with van der Waals surface area (Å²) in [7, 11) is 0. The minimum absolute atomic E-state index is 0.258. The number of benzene rings is 2. The molecule has 1 heterocycles. The van der Waals surface area contributed by atoms with Gasteiger partial charge in [0.1, 0.15) is 5.69 Å². The third kappa shape index (κ3) is 3.03. The van der Waals surface area contributed by atoms with Crippen LogP contribution in [0.1, 0.15) is 10.5 Å². The zero-order valence-electron chi connectivity index (χ0n) is 11.4. The molecule has 3 rings (SSSR count). The van der Waals surface area contributed by atoms with E-state index in [1.54, 1.807) is 11.8 Å². The smallest absolute Gasteiger partial charge is 0.275 e. The van der Waals surface area contributed by atoms with Crippen LogP contribution in [0.15, 0.2) is 59.6 Å². The van der Waals surface area contributed by atoms with Gasteiger partial charge in [0.15, 0.2) is 0 Å². The van der Waals surface area contributed by atoms with Crippen LogP contribution in [0.2, 0.25) is 0 Å². The first-order chi connectivity index (χ1) is 10.3. The van der Waals surface area contributed by atoms with Crippen LogP contribution in [0, 0.1) is 0 Å². The first-order valence-electron chi connectivity index (χ1n) is 6.43. The van der Waals surface area contributed by atoms with Gasteiger partial charge in [-0.05, 0) is 36.6 Å². The van der Waals surface area contributed by atoms with Gasteiger partial charge in [-0.15, -0.1) is 11.8 Å². The summed E-state index contributed by atoms with van der Waals surface area (Å²) in [5.74, 6) is -0.258. The molecule has 0 aliphatic carbocycles. The van der Waals surface area contributed by atoms with Gasteiger partial charge in [-0.3, -0.25) is 9.78 Å². The van der Waals surface area contributed by atoms with Crippen molar-refractivity contribution in [1.29, 1.82) is 0 Å². The van der Waals surface area contributed by atoms with E-state index >= 15 is 0 Å². The van der Waals surface area contributed by atoms with Crippen molar-refractivity contribution in [2.24, 2.45) is 0 Å². The van der Waals surface area contributed by atoms with Crippen LogP contribution in [0.25, 0.3) is 11.0 Å². The van der Waals surface area contributed by atoms with Crippen LogP contribution in [0.3, 0.4) is 0 Å². The Morgan fingerprint density at radius 1 is 1.10 bits per heavy atom. The molecule has 0 radical (unpaired) electrons. The highest BCUT2D eigenvalue weighted by Crippen LogP contribution is 2.19. The van der Waals surface area contributed by atoms with E-state index in [-0.39, 0.29) is 5.91 Å². The highest BCUT2D eigenvalue weighted by atomic mass is 32.2. The molecular weight excluding hydrogens is 282 g/mol. The molecule has 2 aromatic carbocycles. The van der Waals surface area contributed by atoms with Crippen molar-refractivity contribution in [1.82, 2.24) is 9.97 Å². The van der Waals surface area contributed by atoms with Gasteiger partial charge >= 0.3 is 0 Å². The Hall–Kier alpha value is -2.40. The summed E-state index contributed by atoms with van der Waals surface area (Å²) >= 11 is 1.63. The van der Waals surface area contributed by atoms with E-state index in [0.29, 0.717) is 11.2 Å². The van der Waals surface area contributed by atoms with Crippen molar-refractivity contribution in [3.63, 3.8) is 0 Å². The molecule has 0 bridgehead atoms. The molecule has 104 valence electrons. The average Bonchev–Trinajstić information content (AvgIpc) is 2.54. The van der Waals surface area contributed by atoms with E-state index < -0.39 is 0 Å². The van der Waals surface area contributed by atoms with E-state index in [1.807, 2.05) is 54.8 Å². The van der Waals surface area contributed by atoms with Crippen LogP contribution >= 0.6 is 11.8 Å². The van der Waals surface area contributed by atoms with Gasteiger partial charge in [0.2, 0.25) is 0 Å². The third-order valence-corrected chi connectivity index (χ3v) is 3.73. The van der Waals surface area contributed by atoms with Gasteiger partial charge in [0.25, 0.3) is 5.91 Å². The molecule has 0 unspecified atom stereocenters. The lowest BCUT2D eigenvalue weighted by atomic mass is 10.3. The number of fused-ring (bicyclic) bond motifs is 1. The first kappa shape index (κ1) is 13.6. The van der Waals surface area contributed by atoms with Crippen molar-refractivity contribution in [2.45, 2.75) is 4.90 Å². The zero-order chi connectivity index (χ0) is 14.7. The minimum Gasteiger partial charge on any atom is -0.321 e. The standard InChI is InChI=1S/C16H13N3OS/c1-21-12-6-4-5-11(9-12)18-16(20)15-10-17-13-7-2-3-8-14(13)19-15/h2-10H,1H3,(H,18,20). The number of anilines is 1. The van der Waals surface area contributed by atoms with Crippen LogP contribution in [0.5, 0.6) is 0 Å². The van der Waals surface area contributed by atoms with Crippen LogP contribution in [0.4, 0.5) is 5.69 Å². The summed E-state index contributed by atoms with van der Waals surface area (Å²) in [6.45, 7) is 0. The number of nitrogens with zero attached hydrogens (tertiary/aromatic N) is 2. The lowest BCUT2D eigenvalue weighted by molar-refractivity contribution is 0.102. The van der Waals surface area contributed by atoms with Gasteiger partial charge in [0, 0.05) is 10.6 Å². The number of thioether (sulfide) groups is 1. The van der Waals surface area contributed by atoms with E-state index in [2.05, 4.69) is 15.3 Å². The van der Waals surface area contributed by atoms with Crippen molar-refractivity contribution in [2.75, 3.05) is 11.6 Å². The summed E-state index contributed by atoms with van der Waals surface area (Å²) in [5.41, 5.74) is 2.55. The van der Waals surface area contributed by atoms with Crippen LogP contribution < -0.4 is 5.32 Å². The molecule has 3 aromatic rings. The fraction of sp³-hybridized carbons (Fsp3) is 0.0625. The molecule has 4 nitrogen and oxygen atoms in total. The molecule has 0 saturated heterocycles. The summed E-state index contributed by atoms with van der Waals surface area (Å²) in [5, 5.41) is 2.84. The Morgan fingerprint density at radius 2 is 1.90 bits per heavy atom. The predicted molar refractivity (Wildman–Crippen MR) is 85.7 cm³/mol. The van der Waals surface area contributed by atoms with Crippen molar-refractivity contribution in [3.8, 4) is 0 Å². The summed E-state index contributed by atoms with van der Waals surface area (Å²) < 4.78 is 0. The summed E-state index contributed by atoms with van der Waals surface area (Å²) in [6.07, 6.45) is 3.49. The van der Waals surface area contributed by atoms with Gasteiger partial charge in [-0.25, -0.2) is 4.98 Å². The minimum atomic E-state index is -0.258. The molecule has 0 fully saturated rings. The van der Waals surface area contributed by atoms with Gasteiger partial charge < -0.3 is 5.32 Å². The van der Waals surface area contributed by atoms with E-state index in [9.17, 15) is 4.79 Å². The number of nitrogens with one attached hydrogen (secondary N) is 1. The largest absolute Gasteiger partial charge is 0.321 e. The number of carbonyl (C=O) groups excluding carboxylic acids is 1. The third-order valence-electron chi connectivity index (χ3n) is 3.01. The Bertz CT molecular complexity index is 804. The molecule has 0 spiro atoms. The number of para-hydroxylation sites is 2. The topological polar surface area (TPSA) is 54.9 Å². The lowest BCUT2D eigenvalue weighted by Crippen LogP contribution is -2.14. The molecule has 0 aliphatic rings. The van der Waals surface area contributed by atoms with E-state index in [1.165, 1.54) is 6.20 Å². The molecule has 0 atom stereocenters. The normalized spacial score (nSPS) is 10.5. The Balaban J connectivity index is 1.86. The van der Waals surface area contributed by atoms with Crippen molar-refractivity contribution < 1.29 is 4.79 Å². The van der Waals surface area contributed by atoms with Gasteiger partial charge in [-0.2, -0.15) is 0 Å². The Labute approximate surface area is 126 Å². The quantitative estimate of drug-likeness (QED) is 0.750. The SMILES string of the molecule is CSc1cccc(NC(=O)c2cnc3ccccc3n2)c1. The maximum absolute atomic E-state index is 12.2. The summed E-state index contributed by atoms with van der Waals surface area (Å²) in [6, 6.07) is 15.2. The highest BCUT2D eigenvalue weighted by Gasteiger charge is 2.09. The maximum atomic E-state index is 12.2. The molecule has 1 aromatic heterocycles. The lowest BCUT2D eigenvalue weighted by Gasteiger charge is -2.06. The summed E-state index contributed by atoms with van der Waals surface area (Å²) in [4.78, 5) is 21.9. The second-order valence-corrected chi connectivity index (χ2v) is 5.31. The molecule has 1 amide bonds. The maximum Gasteiger partial charge on any atom is 0.275 e. The Morgan fingerprint density at radius 3 is 2.71 bits per heavy atom. The number of carbonyl (C=O) groups is 1. The second-order valence-electron chi connectivity index (χ2n) is 4.43. The molecule has 5 heteroatoms. The molecule has 1 N–H and O–H groups in total. The van der Waals surface area contributed by atoms with Crippen molar-refractivity contribution in [3.05, 3.63) is 60.4 Å². The predicted octanol–water partition coefficient (Wildman–Crippen LogP) is 3.60. The van der Waals surface area contributed by atoms with E-state index in [0.717, 1.165) is 16.1 Å². The van der Waals surface area contributed by atoms with Crippen molar-refractivity contribution >= 4 is 34.4 Å². The van der Waals surface area contributed by atoms with Gasteiger partial charge in [-0.1, -0.05) is 18.2 Å². The average molecular weight is 295 g/mol. The number of amides is 1. The van der Waals surface area contributed by atoms with E-state index in [4.69, 9.17) is 0 Å². The number of rotatable bonds is 3. The Kier molecular flexibility index (Phi) is 3.83. The fourth-order valence-electron chi connectivity index (χ4n) is 1.96. The number of hydrogen-bond donors (Lipinski definition) is 1. The molecule has 21 heavy (non-hydrogen) atoms. The first-order valence-corrected chi connectivity index (χ1v) is 7.66. The molecule has 0 aliphatic heterocycles. The zero-order valence-corrected chi connectivity index (χ0v) is 12.2. The molecule has 0 saturated carbocycles. The number of aromatic nitrogens is 2. The van der Waals surface area contributed by atoms with Crippen LogP contribution in [-0.2, 0) is 0 Å². The molecular formula is C16H13N3OS. The van der Waals surface area contributed by atoms with Gasteiger partial charge in [0.05, 0.1) is 17.2 Å². The number of hydrogen-bond acceptors (Lipinski definition) is 4. The fourth-order valence-corrected chi connectivity index (χ4v) is 2.42. The monoisotopic (exact) mass is 295 g/mol.